The van der Waals surface area contributed by atoms with E-state index in [0.29, 0.717) is 41.0 Å². The molecule has 0 bridgehead atoms. The van der Waals surface area contributed by atoms with Gasteiger partial charge in [-0.15, -0.1) is 0 Å². The molecule has 0 aliphatic carbocycles. The number of furan rings is 1. The van der Waals surface area contributed by atoms with Crippen molar-refractivity contribution in [3.05, 3.63) is 83.9 Å². The monoisotopic (exact) mass is 451 g/mol. The molecule has 2 heterocycles. The molecule has 2 aromatic carbocycles. The fourth-order valence-corrected chi connectivity index (χ4v) is 3.33. The van der Waals surface area contributed by atoms with Gasteiger partial charge in [0.2, 0.25) is 11.7 Å². The summed E-state index contributed by atoms with van der Waals surface area (Å²) >= 11 is 0. The molecule has 0 saturated carbocycles. The molecule has 4 rings (SSSR count). The summed E-state index contributed by atoms with van der Waals surface area (Å²) in [5.74, 6) is 1.69. The summed E-state index contributed by atoms with van der Waals surface area (Å²) in [6.07, 6.45) is 1.84. The van der Waals surface area contributed by atoms with Crippen LogP contribution in [0.2, 0.25) is 0 Å². The zero-order valence-electron chi connectivity index (χ0n) is 18.2. The van der Waals surface area contributed by atoms with E-state index in [0.717, 1.165) is 0 Å². The third-order valence-corrected chi connectivity index (χ3v) is 4.99. The maximum Gasteiger partial charge on any atom is 0.254 e. The van der Waals surface area contributed by atoms with Crippen LogP contribution in [0.5, 0.6) is 11.5 Å². The highest BCUT2D eigenvalue weighted by Crippen LogP contribution is 2.31. The van der Waals surface area contributed by atoms with Crippen LogP contribution in [0.3, 0.4) is 0 Å². The minimum atomic E-state index is -0.477. The van der Waals surface area contributed by atoms with Gasteiger partial charge in [-0.05, 0) is 48.5 Å². The van der Waals surface area contributed by atoms with E-state index in [4.69, 9.17) is 18.4 Å². The van der Waals surface area contributed by atoms with Crippen LogP contribution >= 0.6 is 0 Å². The van der Waals surface area contributed by atoms with E-state index in [9.17, 15) is 9.18 Å². The maximum absolute atomic E-state index is 13.6. The molecule has 1 amide bonds. The topological polar surface area (TPSA) is 90.8 Å². The van der Waals surface area contributed by atoms with Crippen molar-refractivity contribution < 1.29 is 27.6 Å². The molecular formula is C24H22FN3O5. The highest BCUT2D eigenvalue weighted by Gasteiger charge is 2.20. The molecule has 8 nitrogen and oxygen atoms in total. The second-order valence-corrected chi connectivity index (χ2v) is 7.15. The van der Waals surface area contributed by atoms with Gasteiger partial charge in [0.25, 0.3) is 5.91 Å². The Balaban J connectivity index is 1.50. The number of amides is 1. The van der Waals surface area contributed by atoms with Crippen molar-refractivity contribution in [2.45, 2.75) is 13.0 Å². The third kappa shape index (κ3) is 5.20. The molecule has 2 aromatic heterocycles. The van der Waals surface area contributed by atoms with E-state index in [-0.39, 0.29) is 24.6 Å². The van der Waals surface area contributed by atoms with Crippen LogP contribution in [-0.2, 0) is 13.0 Å². The zero-order chi connectivity index (χ0) is 23.2. The Kier molecular flexibility index (Phi) is 6.68. The zero-order valence-corrected chi connectivity index (χ0v) is 18.2. The third-order valence-electron chi connectivity index (χ3n) is 4.99. The van der Waals surface area contributed by atoms with Gasteiger partial charge in [-0.1, -0.05) is 11.2 Å². The number of halogens is 1. The predicted octanol–water partition coefficient (Wildman–Crippen LogP) is 4.37. The number of methoxy groups -OCH3 is 2. The summed E-state index contributed by atoms with van der Waals surface area (Å²) in [5.41, 5.74) is 0.948. The van der Waals surface area contributed by atoms with E-state index in [2.05, 4.69) is 10.1 Å². The van der Waals surface area contributed by atoms with Crippen molar-refractivity contribution in [1.82, 2.24) is 15.0 Å². The number of hydrogen-bond acceptors (Lipinski definition) is 7. The first kappa shape index (κ1) is 22.1. The van der Waals surface area contributed by atoms with E-state index in [1.807, 2.05) is 0 Å². The van der Waals surface area contributed by atoms with Gasteiger partial charge in [0.05, 0.1) is 27.0 Å². The minimum absolute atomic E-state index is 0.221. The molecule has 0 aliphatic rings. The van der Waals surface area contributed by atoms with Gasteiger partial charge >= 0.3 is 0 Å². The van der Waals surface area contributed by atoms with Gasteiger partial charge in [0, 0.05) is 24.1 Å². The molecule has 0 unspecified atom stereocenters. The number of hydrogen-bond donors (Lipinski definition) is 0. The average Bonchev–Trinajstić information content (AvgIpc) is 3.53. The van der Waals surface area contributed by atoms with E-state index >= 15 is 0 Å². The number of rotatable bonds is 9. The molecule has 0 aliphatic heterocycles. The highest BCUT2D eigenvalue weighted by molar-refractivity contribution is 5.94. The first-order valence-corrected chi connectivity index (χ1v) is 10.2. The summed E-state index contributed by atoms with van der Waals surface area (Å²) in [5, 5.41) is 4.03. The molecule has 0 spiro atoms. The fraction of sp³-hybridized carbons (Fsp3) is 0.208. The van der Waals surface area contributed by atoms with Gasteiger partial charge < -0.3 is 23.3 Å². The largest absolute Gasteiger partial charge is 0.493 e. The Morgan fingerprint density at radius 1 is 1.06 bits per heavy atom. The molecule has 9 heteroatoms. The standard InChI is InChI=1S/C24H22FN3O5/c1-30-20-9-8-16(14-21(20)31-2)23-26-22(33-27-23)10-11-28(15-19-7-4-12-32-19)24(29)17-5-3-6-18(25)13-17/h3-9,12-14H,10-11,15H2,1-2H3. The van der Waals surface area contributed by atoms with Gasteiger partial charge in [-0.25, -0.2) is 4.39 Å². The number of aromatic nitrogens is 2. The minimum Gasteiger partial charge on any atom is -0.493 e. The fourth-order valence-electron chi connectivity index (χ4n) is 3.33. The van der Waals surface area contributed by atoms with Gasteiger partial charge in [-0.2, -0.15) is 4.98 Å². The number of carbonyl (C=O) groups is 1. The van der Waals surface area contributed by atoms with Gasteiger partial charge in [0.15, 0.2) is 11.5 Å². The lowest BCUT2D eigenvalue weighted by atomic mass is 10.2. The van der Waals surface area contributed by atoms with Crippen LogP contribution in [0.15, 0.2) is 69.8 Å². The van der Waals surface area contributed by atoms with Crippen LogP contribution in [0, 0.1) is 5.82 Å². The van der Waals surface area contributed by atoms with Crippen LogP contribution < -0.4 is 9.47 Å². The summed E-state index contributed by atoms with van der Waals surface area (Å²) in [7, 11) is 3.11. The normalized spacial score (nSPS) is 10.8. The molecule has 33 heavy (non-hydrogen) atoms. The lowest BCUT2D eigenvalue weighted by Gasteiger charge is -2.21. The molecule has 0 saturated heterocycles. The SMILES string of the molecule is COc1ccc(-c2noc(CCN(Cc3ccco3)C(=O)c3cccc(F)c3)n2)cc1OC. The first-order valence-electron chi connectivity index (χ1n) is 10.2. The molecule has 0 radical (unpaired) electrons. The van der Waals surface area contributed by atoms with Crippen molar-refractivity contribution in [2.75, 3.05) is 20.8 Å². The quantitative estimate of drug-likeness (QED) is 0.373. The summed E-state index contributed by atoms with van der Waals surface area (Å²) in [6, 6.07) is 14.4. The lowest BCUT2D eigenvalue weighted by Crippen LogP contribution is -2.32. The molecule has 170 valence electrons. The molecule has 0 N–H and O–H groups in total. The van der Waals surface area contributed by atoms with E-state index < -0.39 is 5.82 Å². The van der Waals surface area contributed by atoms with E-state index in [1.165, 1.54) is 24.5 Å². The van der Waals surface area contributed by atoms with Crippen LogP contribution in [0.25, 0.3) is 11.4 Å². The molecule has 0 atom stereocenters. The van der Waals surface area contributed by atoms with Gasteiger partial charge in [-0.3, -0.25) is 4.79 Å². The number of ether oxygens (including phenoxy) is 2. The second kappa shape index (κ2) is 9.99. The molecule has 0 fully saturated rings. The van der Waals surface area contributed by atoms with Crippen molar-refractivity contribution >= 4 is 5.91 Å². The van der Waals surface area contributed by atoms with Crippen LogP contribution in [-0.4, -0.2) is 41.7 Å². The Morgan fingerprint density at radius 2 is 1.91 bits per heavy atom. The number of carbonyl (C=O) groups excluding carboxylic acids is 1. The van der Waals surface area contributed by atoms with Crippen LogP contribution in [0.4, 0.5) is 4.39 Å². The maximum atomic E-state index is 13.6. The second-order valence-electron chi connectivity index (χ2n) is 7.15. The molecule has 4 aromatic rings. The summed E-state index contributed by atoms with van der Waals surface area (Å²) in [4.78, 5) is 19.0. The van der Waals surface area contributed by atoms with Crippen molar-refractivity contribution in [2.24, 2.45) is 0 Å². The van der Waals surface area contributed by atoms with Crippen LogP contribution in [0.1, 0.15) is 22.0 Å². The van der Waals surface area contributed by atoms with Gasteiger partial charge in [0.1, 0.15) is 11.6 Å². The Morgan fingerprint density at radius 3 is 2.64 bits per heavy atom. The van der Waals surface area contributed by atoms with Crippen molar-refractivity contribution in [3.8, 4) is 22.9 Å². The molecular weight excluding hydrogens is 429 g/mol. The van der Waals surface area contributed by atoms with Crippen molar-refractivity contribution in [1.29, 1.82) is 0 Å². The smallest absolute Gasteiger partial charge is 0.254 e. The Labute approximate surface area is 189 Å². The average molecular weight is 451 g/mol. The Bertz CT molecular complexity index is 1220. The number of nitrogens with zero attached hydrogens (tertiary/aromatic N) is 3. The number of benzene rings is 2. The summed E-state index contributed by atoms with van der Waals surface area (Å²) < 4.78 is 35.0. The van der Waals surface area contributed by atoms with E-state index in [1.54, 1.807) is 55.5 Å². The lowest BCUT2D eigenvalue weighted by molar-refractivity contribution is 0.0729. The highest BCUT2D eigenvalue weighted by atomic mass is 19.1. The summed E-state index contributed by atoms with van der Waals surface area (Å²) in [6.45, 7) is 0.489. The predicted molar refractivity (Wildman–Crippen MR) is 116 cm³/mol. The van der Waals surface area contributed by atoms with Crippen molar-refractivity contribution in [3.63, 3.8) is 0 Å². The first-order chi connectivity index (χ1) is 16.1. The Hall–Kier alpha value is -4.14.